The van der Waals surface area contributed by atoms with E-state index in [0.29, 0.717) is 23.8 Å². The van der Waals surface area contributed by atoms with Crippen LogP contribution in [0.4, 0.5) is 0 Å². The Hall–Kier alpha value is -2.17. The Bertz CT molecular complexity index is 837. The number of benzene rings is 2. The molecular formula is C25H33NO3. The molecule has 1 unspecified atom stereocenters. The zero-order chi connectivity index (χ0) is 21.2. The van der Waals surface area contributed by atoms with Gasteiger partial charge in [0.1, 0.15) is 11.5 Å². The number of hydrogen-bond donors (Lipinski definition) is 2. The third kappa shape index (κ3) is 5.68. The fraction of sp³-hybridized carbons (Fsp3) is 0.480. The van der Waals surface area contributed by atoms with Gasteiger partial charge in [-0.1, -0.05) is 18.2 Å². The van der Waals surface area contributed by atoms with Gasteiger partial charge < -0.3 is 15.2 Å². The topological polar surface area (TPSA) is 58.6 Å². The van der Waals surface area contributed by atoms with E-state index >= 15 is 0 Å². The van der Waals surface area contributed by atoms with E-state index in [4.69, 9.17) is 4.74 Å². The molecular weight excluding hydrogens is 362 g/mol. The van der Waals surface area contributed by atoms with Crippen LogP contribution in [0, 0.1) is 5.92 Å². The number of carbonyl (C=O) groups is 1. The second-order valence-corrected chi connectivity index (χ2v) is 9.63. The van der Waals surface area contributed by atoms with Crippen LogP contribution >= 0.6 is 0 Å². The van der Waals surface area contributed by atoms with Crippen molar-refractivity contribution in [2.45, 2.75) is 71.1 Å². The largest absolute Gasteiger partial charge is 0.457 e. The first-order valence-electron chi connectivity index (χ1n) is 10.4. The molecule has 156 valence electrons. The van der Waals surface area contributed by atoms with Gasteiger partial charge in [0, 0.05) is 28.6 Å². The maximum atomic E-state index is 12.9. The molecule has 1 fully saturated rings. The SMILES string of the molecule is CC(O)c1ccccc1Oc1ccc(C(=O)CC2CC(C)(C)NC(C)(C)C2)cc1. The molecule has 0 aliphatic carbocycles. The molecule has 1 heterocycles. The lowest BCUT2D eigenvalue weighted by Gasteiger charge is -2.46. The van der Waals surface area contributed by atoms with Gasteiger partial charge in [0.15, 0.2) is 5.78 Å². The Morgan fingerprint density at radius 3 is 2.24 bits per heavy atom. The molecule has 1 saturated heterocycles. The number of ketones is 1. The van der Waals surface area contributed by atoms with Crippen molar-refractivity contribution >= 4 is 5.78 Å². The van der Waals surface area contributed by atoms with Gasteiger partial charge in [0.25, 0.3) is 0 Å². The van der Waals surface area contributed by atoms with Gasteiger partial charge in [0.2, 0.25) is 0 Å². The Labute approximate surface area is 174 Å². The summed E-state index contributed by atoms with van der Waals surface area (Å²) in [5, 5.41) is 13.6. The molecule has 0 aromatic heterocycles. The standard InChI is InChI=1S/C25H33NO3/c1-17(27)21-8-6-7-9-23(21)29-20-12-10-19(11-13-20)22(28)14-18-15-24(2,3)26-25(4,5)16-18/h6-13,17-18,26-27H,14-16H2,1-5H3. The van der Waals surface area contributed by atoms with Crippen LogP contribution < -0.4 is 10.1 Å². The molecule has 0 amide bonds. The van der Waals surface area contributed by atoms with Crippen molar-refractivity contribution in [3.63, 3.8) is 0 Å². The average Bonchev–Trinajstić information content (AvgIpc) is 2.59. The van der Waals surface area contributed by atoms with Crippen LogP contribution in [-0.4, -0.2) is 22.0 Å². The zero-order valence-electron chi connectivity index (χ0n) is 18.2. The van der Waals surface area contributed by atoms with E-state index < -0.39 is 6.10 Å². The van der Waals surface area contributed by atoms with Crippen LogP contribution in [0.3, 0.4) is 0 Å². The van der Waals surface area contributed by atoms with Gasteiger partial charge in [0.05, 0.1) is 6.10 Å². The van der Waals surface area contributed by atoms with Crippen molar-refractivity contribution < 1.29 is 14.6 Å². The first-order valence-corrected chi connectivity index (χ1v) is 10.4. The maximum absolute atomic E-state index is 12.9. The second kappa shape index (κ2) is 8.29. The summed E-state index contributed by atoms with van der Waals surface area (Å²) in [5.41, 5.74) is 1.54. The Balaban J connectivity index is 1.67. The number of carbonyl (C=O) groups excluding carboxylic acids is 1. The predicted octanol–water partition coefficient (Wildman–Crippen LogP) is 5.66. The van der Waals surface area contributed by atoms with Gasteiger partial charge >= 0.3 is 0 Å². The van der Waals surface area contributed by atoms with Crippen LogP contribution in [0.1, 0.15) is 75.9 Å². The van der Waals surface area contributed by atoms with Crippen LogP contribution in [0.5, 0.6) is 11.5 Å². The lowest BCUT2D eigenvalue weighted by atomic mass is 9.74. The smallest absolute Gasteiger partial charge is 0.163 e. The van der Waals surface area contributed by atoms with Gasteiger partial charge in [-0.05, 0) is 83.7 Å². The van der Waals surface area contributed by atoms with Crippen molar-refractivity contribution in [3.8, 4) is 11.5 Å². The quantitative estimate of drug-likeness (QED) is 0.620. The third-order valence-electron chi connectivity index (χ3n) is 5.52. The minimum atomic E-state index is -0.606. The number of rotatable bonds is 6. The van der Waals surface area contributed by atoms with Gasteiger partial charge in [-0.2, -0.15) is 0 Å². The molecule has 4 heteroatoms. The summed E-state index contributed by atoms with van der Waals surface area (Å²) in [4.78, 5) is 12.9. The number of Topliss-reactive ketones (excluding diaryl/α,β-unsaturated/α-hetero) is 1. The van der Waals surface area contributed by atoms with E-state index in [2.05, 4.69) is 33.0 Å². The van der Waals surface area contributed by atoms with Crippen molar-refractivity contribution in [1.82, 2.24) is 5.32 Å². The van der Waals surface area contributed by atoms with Crippen LogP contribution in [0.15, 0.2) is 48.5 Å². The molecule has 0 spiro atoms. The van der Waals surface area contributed by atoms with Crippen LogP contribution in [-0.2, 0) is 0 Å². The average molecular weight is 396 g/mol. The van der Waals surface area contributed by atoms with E-state index in [0.717, 1.165) is 24.0 Å². The van der Waals surface area contributed by atoms with E-state index in [1.54, 1.807) is 6.92 Å². The number of hydrogen-bond acceptors (Lipinski definition) is 4. The van der Waals surface area contributed by atoms with Gasteiger partial charge in [-0.25, -0.2) is 0 Å². The molecule has 1 atom stereocenters. The molecule has 2 aromatic carbocycles. The predicted molar refractivity (Wildman–Crippen MR) is 117 cm³/mol. The summed E-state index contributed by atoms with van der Waals surface area (Å²) in [6.07, 6.45) is 1.96. The molecule has 0 saturated carbocycles. The first-order chi connectivity index (χ1) is 13.5. The molecule has 2 N–H and O–H groups in total. The first kappa shape index (κ1) is 21.5. The second-order valence-electron chi connectivity index (χ2n) is 9.63. The van der Waals surface area contributed by atoms with Crippen molar-refractivity contribution in [2.24, 2.45) is 5.92 Å². The van der Waals surface area contributed by atoms with Crippen molar-refractivity contribution in [3.05, 3.63) is 59.7 Å². The lowest BCUT2D eigenvalue weighted by molar-refractivity contribution is 0.0864. The monoisotopic (exact) mass is 395 g/mol. The number of piperidine rings is 1. The molecule has 3 rings (SSSR count). The molecule has 2 aromatic rings. The number of para-hydroxylation sites is 1. The molecule has 0 radical (unpaired) electrons. The van der Waals surface area contributed by atoms with E-state index in [-0.39, 0.29) is 16.9 Å². The highest BCUT2D eigenvalue weighted by molar-refractivity contribution is 5.96. The highest BCUT2D eigenvalue weighted by Crippen LogP contribution is 2.35. The normalized spacial score (nSPS) is 19.5. The molecule has 0 bridgehead atoms. The van der Waals surface area contributed by atoms with E-state index in [1.807, 2.05) is 48.5 Å². The van der Waals surface area contributed by atoms with E-state index in [9.17, 15) is 9.90 Å². The Kier molecular flexibility index (Phi) is 6.16. The fourth-order valence-electron chi connectivity index (χ4n) is 4.81. The highest BCUT2D eigenvalue weighted by atomic mass is 16.5. The molecule has 29 heavy (non-hydrogen) atoms. The summed E-state index contributed by atoms with van der Waals surface area (Å²) in [6, 6.07) is 14.7. The summed E-state index contributed by atoms with van der Waals surface area (Å²) >= 11 is 0. The Morgan fingerprint density at radius 1 is 1.07 bits per heavy atom. The molecule has 4 nitrogen and oxygen atoms in total. The molecule has 1 aliphatic heterocycles. The number of nitrogens with one attached hydrogen (secondary N) is 1. The minimum Gasteiger partial charge on any atom is -0.457 e. The minimum absolute atomic E-state index is 0.0433. The highest BCUT2D eigenvalue weighted by Gasteiger charge is 2.38. The third-order valence-corrected chi connectivity index (χ3v) is 5.52. The van der Waals surface area contributed by atoms with Crippen LogP contribution in [0.2, 0.25) is 0 Å². The van der Waals surface area contributed by atoms with Crippen molar-refractivity contribution in [1.29, 1.82) is 0 Å². The van der Waals surface area contributed by atoms with Gasteiger partial charge in [-0.3, -0.25) is 4.79 Å². The van der Waals surface area contributed by atoms with Crippen LogP contribution in [0.25, 0.3) is 0 Å². The van der Waals surface area contributed by atoms with E-state index in [1.165, 1.54) is 0 Å². The summed E-state index contributed by atoms with van der Waals surface area (Å²) in [7, 11) is 0. The number of ether oxygens (including phenoxy) is 1. The zero-order valence-corrected chi connectivity index (χ0v) is 18.2. The lowest BCUT2D eigenvalue weighted by Crippen LogP contribution is -2.57. The molecule has 1 aliphatic rings. The number of aliphatic hydroxyl groups excluding tert-OH is 1. The number of aliphatic hydroxyl groups is 1. The summed E-state index contributed by atoms with van der Waals surface area (Å²) in [5.74, 6) is 1.83. The fourth-order valence-corrected chi connectivity index (χ4v) is 4.81. The van der Waals surface area contributed by atoms with Gasteiger partial charge in [-0.15, -0.1) is 0 Å². The van der Waals surface area contributed by atoms with Crippen molar-refractivity contribution in [2.75, 3.05) is 0 Å². The summed E-state index contributed by atoms with van der Waals surface area (Å²) < 4.78 is 5.93. The summed E-state index contributed by atoms with van der Waals surface area (Å²) in [6.45, 7) is 10.6. The maximum Gasteiger partial charge on any atom is 0.163 e. The Morgan fingerprint density at radius 2 is 1.66 bits per heavy atom.